The molecule has 0 spiro atoms. The molecular weight excluding hydrogens is 759 g/mol. The molecule has 1 aliphatic heterocycles. The molecule has 6 atom stereocenters. The summed E-state index contributed by atoms with van der Waals surface area (Å²) in [5, 5.41) is 33.4. The zero-order chi connectivity index (χ0) is 43.8. The molecule has 6 unspecified atom stereocenters. The van der Waals surface area contributed by atoms with E-state index < -0.39 is 59.0 Å². The molecule has 2 aromatic carbocycles. The second-order valence-corrected chi connectivity index (χ2v) is 18.1. The minimum atomic E-state index is -1.34. The third kappa shape index (κ3) is 12.4. The number of carbonyl (C=O) groups is 4. The molecule has 1 fully saturated rings. The Balaban J connectivity index is 1.44. The van der Waals surface area contributed by atoms with Crippen molar-refractivity contribution < 1.29 is 29.4 Å². The highest BCUT2D eigenvalue weighted by Crippen LogP contribution is 2.34. The molecule has 4 aromatic rings. The molecule has 0 bridgehead atoms. The lowest BCUT2D eigenvalue weighted by atomic mass is 9.75. The predicted molar refractivity (Wildman–Crippen MR) is 232 cm³/mol. The van der Waals surface area contributed by atoms with Gasteiger partial charge in [-0.25, -0.2) is 9.59 Å². The van der Waals surface area contributed by atoms with Gasteiger partial charge in [0.2, 0.25) is 11.8 Å². The number of hydrogen-bond donors (Lipinski definition) is 6. The number of nitrogens with one attached hydrogen (secondary N) is 4. The molecule has 2 aromatic heterocycles. The number of carbonyl (C=O) groups excluding carboxylic acids is 3. The van der Waals surface area contributed by atoms with Crippen LogP contribution in [0.4, 0.5) is 9.59 Å². The fourth-order valence-corrected chi connectivity index (χ4v) is 7.96. The number of aliphatic hydroxyl groups excluding tert-OH is 1. The number of nitrogens with zero attached hydrogens (tertiary/aromatic N) is 3. The van der Waals surface area contributed by atoms with Gasteiger partial charge in [0.05, 0.1) is 36.3 Å². The summed E-state index contributed by atoms with van der Waals surface area (Å²) in [6, 6.07) is 23.7. The second kappa shape index (κ2) is 19.5. The Morgan fingerprint density at radius 1 is 0.783 bits per heavy atom. The smallest absolute Gasteiger partial charge is 0.405 e. The average molecular weight is 820 g/mol. The molecule has 13 heteroatoms. The number of amides is 5. The molecule has 320 valence electrons. The summed E-state index contributed by atoms with van der Waals surface area (Å²) >= 11 is 0. The van der Waals surface area contributed by atoms with Gasteiger partial charge in [0.15, 0.2) is 0 Å². The number of urea groups is 1. The highest BCUT2D eigenvalue weighted by molar-refractivity contribution is 5.86. The van der Waals surface area contributed by atoms with Gasteiger partial charge >= 0.3 is 12.1 Å². The van der Waals surface area contributed by atoms with Crippen LogP contribution in [-0.4, -0.2) is 85.8 Å². The first kappa shape index (κ1) is 45.3. The Morgan fingerprint density at radius 2 is 1.45 bits per heavy atom. The van der Waals surface area contributed by atoms with E-state index in [1.165, 1.54) is 0 Å². The molecule has 3 heterocycles. The largest absolute Gasteiger partial charge is 0.465 e. The van der Waals surface area contributed by atoms with E-state index in [4.69, 9.17) is 0 Å². The zero-order valence-electron chi connectivity index (χ0n) is 36.0. The third-order valence-electron chi connectivity index (χ3n) is 11.0. The van der Waals surface area contributed by atoms with Crippen molar-refractivity contribution in [1.82, 2.24) is 36.1 Å². The van der Waals surface area contributed by atoms with E-state index in [0.717, 1.165) is 39.3 Å². The molecular formula is C47H61N7O6. The van der Waals surface area contributed by atoms with E-state index in [9.17, 15) is 29.4 Å². The van der Waals surface area contributed by atoms with Crippen molar-refractivity contribution >= 4 is 23.9 Å². The molecule has 0 saturated carbocycles. The fraction of sp³-hybridized carbons (Fsp3) is 0.447. The maximum Gasteiger partial charge on any atom is 0.405 e. The molecule has 5 rings (SSSR count). The van der Waals surface area contributed by atoms with Gasteiger partial charge in [0, 0.05) is 35.7 Å². The Labute approximate surface area is 353 Å². The fourth-order valence-electron chi connectivity index (χ4n) is 7.96. The van der Waals surface area contributed by atoms with Crippen LogP contribution in [0.3, 0.4) is 0 Å². The summed E-state index contributed by atoms with van der Waals surface area (Å²) in [6.45, 7) is 15.6. The summed E-state index contributed by atoms with van der Waals surface area (Å²) in [6.07, 6.45) is -0.0514. The number of aryl methyl sites for hydroxylation is 2. The molecule has 0 radical (unpaired) electrons. The number of hydrogen-bond acceptors (Lipinski definition) is 7. The first-order valence-corrected chi connectivity index (χ1v) is 20.6. The van der Waals surface area contributed by atoms with Crippen molar-refractivity contribution in [2.45, 2.75) is 111 Å². The second-order valence-electron chi connectivity index (χ2n) is 18.1. The Hall–Kier alpha value is -5.82. The lowest BCUT2D eigenvalue weighted by Gasteiger charge is -2.39. The van der Waals surface area contributed by atoms with Gasteiger partial charge in [-0.2, -0.15) is 0 Å². The van der Waals surface area contributed by atoms with Crippen LogP contribution in [0.1, 0.15) is 76.2 Å². The summed E-state index contributed by atoms with van der Waals surface area (Å²) in [5.41, 5.74) is 4.77. The number of aromatic nitrogens is 2. The SMILES string of the molecule is Cc1ccc(-c2ccc(CC(NC(=O)C(NC(=O)O)C(C)(C)C)C(O)CC(Cc3ccccc3)NC(=O)C(C3CNC(=O)N3Cc3cccc(C)n3)C(C)(C)C)cc2)cn1. The maximum atomic E-state index is 14.7. The van der Waals surface area contributed by atoms with Gasteiger partial charge in [-0.3, -0.25) is 19.6 Å². The minimum absolute atomic E-state index is 0.0564. The third-order valence-corrected chi connectivity index (χ3v) is 11.0. The normalized spacial score (nSPS) is 16.9. The van der Waals surface area contributed by atoms with Crippen LogP contribution in [0.25, 0.3) is 11.1 Å². The lowest BCUT2D eigenvalue weighted by molar-refractivity contribution is -0.132. The van der Waals surface area contributed by atoms with Crippen LogP contribution in [0.5, 0.6) is 0 Å². The van der Waals surface area contributed by atoms with Crippen LogP contribution >= 0.6 is 0 Å². The summed E-state index contributed by atoms with van der Waals surface area (Å²) in [4.78, 5) is 64.4. The van der Waals surface area contributed by atoms with Crippen molar-refractivity contribution in [3.63, 3.8) is 0 Å². The molecule has 5 amide bonds. The van der Waals surface area contributed by atoms with Gasteiger partial charge in [-0.05, 0) is 78.8 Å². The predicted octanol–water partition coefficient (Wildman–Crippen LogP) is 6.20. The molecule has 60 heavy (non-hydrogen) atoms. The van der Waals surface area contributed by atoms with E-state index in [0.29, 0.717) is 6.42 Å². The van der Waals surface area contributed by atoms with Crippen LogP contribution < -0.4 is 21.3 Å². The summed E-state index contributed by atoms with van der Waals surface area (Å²) in [7, 11) is 0. The number of rotatable bonds is 16. The summed E-state index contributed by atoms with van der Waals surface area (Å²) < 4.78 is 0. The van der Waals surface area contributed by atoms with Crippen molar-refractivity contribution in [1.29, 1.82) is 0 Å². The van der Waals surface area contributed by atoms with Gasteiger partial charge in [0.1, 0.15) is 6.04 Å². The Bertz CT molecular complexity index is 2080. The minimum Gasteiger partial charge on any atom is -0.465 e. The highest BCUT2D eigenvalue weighted by Gasteiger charge is 2.46. The number of pyridine rings is 2. The Kier molecular flexibility index (Phi) is 14.7. The number of aliphatic hydroxyl groups is 1. The van der Waals surface area contributed by atoms with Gasteiger partial charge < -0.3 is 36.4 Å². The van der Waals surface area contributed by atoms with Crippen LogP contribution in [0.15, 0.2) is 91.1 Å². The molecule has 13 nitrogen and oxygen atoms in total. The first-order chi connectivity index (χ1) is 28.3. The average Bonchev–Trinajstić information content (AvgIpc) is 3.51. The van der Waals surface area contributed by atoms with Gasteiger partial charge in [0.25, 0.3) is 0 Å². The zero-order valence-corrected chi connectivity index (χ0v) is 36.0. The quantitative estimate of drug-likeness (QED) is 0.0771. The van der Waals surface area contributed by atoms with E-state index >= 15 is 0 Å². The van der Waals surface area contributed by atoms with E-state index in [-0.39, 0.29) is 37.9 Å². The molecule has 1 aliphatic rings. The number of benzene rings is 2. The van der Waals surface area contributed by atoms with Gasteiger partial charge in [-0.1, -0.05) is 108 Å². The van der Waals surface area contributed by atoms with Crippen molar-refractivity contribution in [3.8, 4) is 11.1 Å². The van der Waals surface area contributed by atoms with E-state index in [1.54, 1.807) is 25.7 Å². The van der Waals surface area contributed by atoms with E-state index in [2.05, 4.69) is 31.2 Å². The topological polar surface area (TPSA) is 186 Å². The number of carboxylic acid groups (broad SMARTS) is 1. The van der Waals surface area contributed by atoms with Crippen molar-refractivity contribution in [2.24, 2.45) is 16.7 Å². The standard InChI is InChI=1S/C47H61N7O6/c1-29-17-20-34(26-48-29)33-21-18-32(19-22-33)24-37(52-43(57)41(47(6,7)8)53-45(59)60)39(55)25-36(23-31-14-10-9-11-15-31)51-42(56)40(46(3,4)5)38-27-49-44(58)54(38)28-35-16-12-13-30(2)50-35/h9-22,26,36-41,53,55H,23-25,27-28H2,1-8H3,(H,49,58)(H,51,56)(H,52,57)(H,59,60). The maximum absolute atomic E-state index is 14.7. The van der Waals surface area contributed by atoms with Crippen LogP contribution in [-0.2, 0) is 29.0 Å². The molecule has 6 N–H and O–H groups in total. The first-order valence-electron chi connectivity index (χ1n) is 20.6. The highest BCUT2D eigenvalue weighted by atomic mass is 16.4. The molecule has 1 saturated heterocycles. The lowest BCUT2D eigenvalue weighted by Crippen LogP contribution is -2.58. The van der Waals surface area contributed by atoms with Crippen LogP contribution in [0.2, 0.25) is 0 Å². The van der Waals surface area contributed by atoms with E-state index in [1.807, 2.05) is 126 Å². The molecule has 0 aliphatic carbocycles. The van der Waals surface area contributed by atoms with Gasteiger partial charge in [-0.15, -0.1) is 0 Å². The van der Waals surface area contributed by atoms with Crippen molar-refractivity contribution in [2.75, 3.05) is 6.54 Å². The monoisotopic (exact) mass is 819 g/mol. The Morgan fingerprint density at radius 3 is 2.05 bits per heavy atom. The summed E-state index contributed by atoms with van der Waals surface area (Å²) in [5.74, 6) is -1.49. The van der Waals surface area contributed by atoms with Crippen molar-refractivity contribution in [3.05, 3.63) is 119 Å². The van der Waals surface area contributed by atoms with Crippen LogP contribution in [0, 0.1) is 30.6 Å².